The smallest absolute Gasteiger partial charge is 0.342 e. The van der Waals surface area contributed by atoms with Crippen molar-refractivity contribution in [2.24, 2.45) is 0 Å². The lowest BCUT2D eigenvalue weighted by molar-refractivity contribution is -0.160. The Bertz CT molecular complexity index is 745. The number of carbonyl (C=O) groups excluding carboxylic acids is 1. The Morgan fingerprint density at radius 1 is 1.32 bits per heavy atom. The van der Waals surface area contributed by atoms with Crippen molar-refractivity contribution in [1.82, 2.24) is 10.6 Å². The van der Waals surface area contributed by atoms with Gasteiger partial charge in [0, 0.05) is 10.7 Å². The molecule has 0 aliphatic heterocycles. The lowest BCUT2D eigenvalue weighted by atomic mass is 10.1. The summed E-state index contributed by atoms with van der Waals surface area (Å²) in [5, 5.41) is 12.6. The van der Waals surface area contributed by atoms with Gasteiger partial charge in [0.05, 0.1) is 11.8 Å². The Labute approximate surface area is 151 Å². The van der Waals surface area contributed by atoms with Crippen LogP contribution in [0.5, 0.6) is 0 Å². The van der Waals surface area contributed by atoms with Gasteiger partial charge in [-0.1, -0.05) is 28.1 Å². The maximum atomic E-state index is 13.4. The fraction of sp³-hybridized carbons (Fsp3) is 0.429. The molecule has 11 heteroatoms. The number of nitriles is 1. The number of nitrogens with one attached hydrogen (secondary N) is 2. The van der Waals surface area contributed by atoms with Gasteiger partial charge in [0.25, 0.3) is 0 Å². The van der Waals surface area contributed by atoms with E-state index in [1.54, 1.807) is 6.07 Å². The molecule has 0 bridgehead atoms. The van der Waals surface area contributed by atoms with Crippen LogP contribution in [0.4, 0.5) is 13.2 Å². The van der Waals surface area contributed by atoms with E-state index in [1.807, 2.05) is 0 Å². The largest absolute Gasteiger partial charge is 0.407 e. The Morgan fingerprint density at radius 3 is 2.32 bits per heavy atom. The molecule has 2 N–H and O–H groups in total. The van der Waals surface area contributed by atoms with Crippen LogP contribution in [0.2, 0.25) is 0 Å². The first kappa shape index (κ1) is 21.4. The molecule has 1 aromatic rings. The van der Waals surface area contributed by atoms with Crippen molar-refractivity contribution in [2.75, 3.05) is 18.6 Å². The first-order valence-electron chi connectivity index (χ1n) is 6.84. The molecule has 0 spiro atoms. The molecule has 0 heterocycles. The van der Waals surface area contributed by atoms with Gasteiger partial charge < -0.3 is 5.32 Å². The van der Waals surface area contributed by atoms with E-state index >= 15 is 0 Å². The standard InChI is InChI=1S/C14H15BrF3N3O3S/c1-25(23,24)8-11(13(22)20-7-6-19)21-12(14(16,17)18)9-2-4-10(15)5-3-9/h2-5,11-12,21H,7-8H2,1H3,(H,20,22)/t11-,12-/m0/s1. The Morgan fingerprint density at radius 2 is 1.88 bits per heavy atom. The third kappa shape index (κ3) is 7.41. The highest BCUT2D eigenvalue weighted by atomic mass is 79.9. The molecule has 0 aliphatic rings. The zero-order valence-corrected chi connectivity index (χ0v) is 15.4. The summed E-state index contributed by atoms with van der Waals surface area (Å²) in [6.07, 6.45) is -3.96. The first-order chi connectivity index (χ1) is 11.4. The average Bonchev–Trinajstić information content (AvgIpc) is 2.47. The molecule has 0 aromatic heterocycles. The van der Waals surface area contributed by atoms with Crippen LogP contribution in [0.1, 0.15) is 11.6 Å². The second-order valence-corrected chi connectivity index (χ2v) is 8.31. The van der Waals surface area contributed by atoms with Gasteiger partial charge in [0.15, 0.2) is 0 Å². The van der Waals surface area contributed by atoms with Crippen LogP contribution in [0, 0.1) is 11.3 Å². The highest BCUT2D eigenvalue weighted by Gasteiger charge is 2.43. The number of carbonyl (C=O) groups is 1. The molecule has 0 saturated heterocycles. The van der Waals surface area contributed by atoms with Crippen molar-refractivity contribution >= 4 is 31.7 Å². The number of rotatable bonds is 7. The highest BCUT2D eigenvalue weighted by Crippen LogP contribution is 2.33. The van der Waals surface area contributed by atoms with Crippen LogP contribution >= 0.6 is 15.9 Å². The van der Waals surface area contributed by atoms with Crippen molar-refractivity contribution < 1.29 is 26.4 Å². The summed E-state index contributed by atoms with van der Waals surface area (Å²) < 4.78 is 63.7. The minimum Gasteiger partial charge on any atom is -0.342 e. The van der Waals surface area contributed by atoms with E-state index in [2.05, 4.69) is 26.6 Å². The third-order valence-corrected chi connectivity index (χ3v) is 4.49. The SMILES string of the molecule is CS(=O)(=O)C[C@H](N[C@@H](c1ccc(Br)cc1)C(F)(F)F)C(=O)NCC#N. The van der Waals surface area contributed by atoms with Gasteiger partial charge in [-0.15, -0.1) is 0 Å². The summed E-state index contributed by atoms with van der Waals surface area (Å²) in [4.78, 5) is 12.0. The van der Waals surface area contributed by atoms with E-state index in [0.717, 1.165) is 6.26 Å². The number of alkyl halides is 3. The minimum atomic E-state index is -4.76. The number of sulfone groups is 1. The van der Waals surface area contributed by atoms with Gasteiger partial charge in [-0.05, 0) is 17.7 Å². The molecule has 0 fully saturated rings. The number of hydrogen-bond acceptors (Lipinski definition) is 5. The normalized spacial score (nSPS) is 14.4. The van der Waals surface area contributed by atoms with Crippen molar-refractivity contribution in [2.45, 2.75) is 18.3 Å². The summed E-state index contributed by atoms with van der Waals surface area (Å²) in [7, 11) is -3.75. The maximum absolute atomic E-state index is 13.4. The lowest BCUT2D eigenvalue weighted by Crippen LogP contribution is -2.52. The molecule has 1 amide bonds. The minimum absolute atomic E-state index is 0.178. The summed E-state index contributed by atoms with van der Waals surface area (Å²) in [5.41, 5.74) is -0.178. The lowest BCUT2D eigenvalue weighted by Gasteiger charge is -2.27. The molecule has 138 valence electrons. The number of nitrogens with zero attached hydrogens (tertiary/aromatic N) is 1. The van der Waals surface area contributed by atoms with Gasteiger partial charge in [0.1, 0.15) is 28.5 Å². The monoisotopic (exact) mass is 441 g/mol. The number of halogens is 4. The topological polar surface area (TPSA) is 99.1 Å². The van der Waals surface area contributed by atoms with Gasteiger partial charge in [-0.3, -0.25) is 10.1 Å². The molecule has 6 nitrogen and oxygen atoms in total. The van der Waals surface area contributed by atoms with E-state index in [1.165, 1.54) is 24.3 Å². The van der Waals surface area contributed by atoms with Gasteiger partial charge >= 0.3 is 6.18 Å². The van der Waals surface area contributed by atoms with Crippen molar-refractivity contribution in [3.8, 4) is 6.07 Å². The van der Waals surface area contributed by atoms with E-state index in [9.17, 15) is 26.4 Å². The van der Waals surface area contributed by atoms with Gasteiger partial charge in [-0.25, -0.2) is 8.42 Å². The second kappa shape index (κ2) is 8.64. The van der Waals surface area contributed by atoms with Crippen molar-refractivity contribution in [3.63, 3.8) is 0 Å². The predicted molar refractivity (Wildman–Crippen MR) is 88.2 cm³/mol. The molecule has 0 unspecified atom stereocenters. The summed E-state index contributed by atoms with van der Waals surface area (Å²) in [5.74, 6) is -1.84. The van der Waals surface area contributed by atoms with Gasteiger partial charge in [-0.2, -0.15) is 18.4 Å². The van der Waals surface area contributed by atoms with Crippen LogP contribution in [-0.4, -0.2) is 45.1 Å². The first-order valence-corrected chi connectivity index (χ1v) is 9.70. The Hall–Kier alpha value is -1.64. The van der Waals surface area contributed by atoms with E-state index in [4.69, 9.17) is 5.26 Å². The molecule has 1 rings (SSSR count). The molecule has 0 radical (unpaired) electrons. The quantitative estimate of drug-likeness (QED) is 0.627. The number of amides is 1. The zero-order valence-electron chi connectivity index (χ0n) is 13.0. The molecule has 2 atom stereocenters. The van der Waals surface area contributed by atoms with Gasteiger partial charge in [0.2, 0.25) is 5.91 Å². The molecular weight excluding hydrogens is 427 g/mol. The summed E-state index contributed by atoms with van der Waals surface area (Å²) in [6.45, 7) is -0.449. The Kier molecular flexibility index (Phi) is 7.40. The fourth-order valence-electron chi connectivity index (χ4n) is 1.99. The van der Waals surface area contributed by atoms with Crippen LogP contribution < -0.4 is 10.6 Å². The summed E-state index contributed by atoms with van der Waals surface area (Å²) >= 11 is 3.11. The Balaban J connectivity index is 3.15. The average molecular weight is 442 g/mol. The predicted octanol–water partition coefficient (Wildman–Crippen LogP) is 1.70. The van der Waals surface area contributed by atoms with Crippen LogP contribution in [0.3, 0.4) is 0 Å². The molecular formula is C14H15BrF3N3O3S. The number of hydrogen-bond donors (Lipinski definition) is 2. The maximum Gasteiger partial charge on any atom is 0.407 e. The van der Waals surface area contributed by atoms with Crippen LogP contribution in [0.25, 0.3) is 0 Å². The molecule has 0 aliphatic carbocycles. The zero-order chi connectivity index (χ0) is 19.3. The van der Waals surface area contributed by atoms with Crippen LogP contribution in [-0.2, 0) is 14.6 Å². The van der Waals surface area contributed by atoms with E-state index in [-0.39, 0.29) is 5.56 Å². The molecule has 1 aromatic carbocycles. The molecule has 25 heavy (non-hydrogen) atoms. The summed E-state index contributed by atoms with van der Waals surface area (Å²) in [6, 6.07) is 2.90. The third-order valence-electron chi connectivity index (χ3n) is 3.03. The van der Waals surface area contributed by atoms with Crippen LogP contribution in [0.15, 0.2) is 28.7 Å². The second-order valence-electron chi connectivity index (χ2n) is 5.21. The van der Waals surface area contributed by atoms with E-state index < -0.39 is 46.3 Å². The van der Waals surface area contributed by atoms with Crippen molar-refractivity contribution in [3.05, 3.63) is 34.3 Å². The fourth-order valence-corrected chi connectivity index (χ4v) is 3.11. The highest BCUT2D eigenvalue weighted by molar-refractivity contribution is 9.10. The number of benzene rings is 1. The van der Waals surface area contributed by atoms with Crippen molar-refractivity contribution in [1.29, 1.82) is 5.26 Å². The van der Waals surface area contributed by atoms with E-state index in [0.29, 0.717) is 4.47 Å². The molecule has 0 saturated carbocycles.